The van der Waals surface area contributed by atoms with Crippen molar-refractivity contribution >= 4 is 0 Å². The standard InChI is InChI=1S/C11H23N/c1-4-12(5-2)11-9-7-6-8-10(11)3/h10-11H,4-9H2,1-3H3/t10-,11+/m1/s1. The molecule has 1 aliphatic carbocycles. The van der Waals surface area contributed by atoms with Crippen molar-refractivity contribution in [1.82, 2.24) is 4.90 Å². The SMILES string of the molecule is CCN(CC)[C@H]1CCCC[C@H]1C. The Hall–Kier alpha value is -0.0400. The minimum Gasteiger partial charge on any atom is -0.301 e. The van der Waals surface area contributed by atoms with Crippen LogP contribution in [0.15, 0.2) is 0 Å². The molecule has 1 fully saturated rings. The second-order valence-corrected chi connectivity index (χ2v) is 4.05. The number of rotatable bonds is 3. The maximum atomic E-state index is 2.63. The number of hydrogen-bond acceptors (Lipinski definition) is 1. The Labute approximate surface area is 77.1 Å². The maximum Gasteiger partial charge on any atom is 0.0121 e. The third kappa shape index (κ3) is 2.22. The van der Waals surface area contributed by atoms with E-state index in [-0.39, 0.29) is 0 Å². The van der Waals surface area contributed by atoms with Crippen molar-refractivity contribution in [3.8, 4) is 0 Å². The largest absolute Gasteiger partial charge is 0.301 e. The lowest BCUT2D eigenvalue weighted by molar-refractivity contribution is 0.123. The molecule has 0 aromatic rings. The number of nitrogens with zero attached hydrogens (tertiary/aromatic N) is 1. The Bertz CT molecular complexity index is 118. The van der Waals surface area contributed by atoms with Gasteiger partial charge < -0.3 is 4.90 Å². The summed E-state index contributed by atoms with van der Waals surface area (Å²) < 4.78 is 0. The highest BCUT2D eigenvalue weighted by atomic mass is 15.1. The smallest absolute Gasteiger partial charge is 0.0121 e. The molecule has 0 heterocycles. The highest BCUT2D eigenvalue weighted by Crippen LogP contribution is 2.27. The third-order valence-corrected chi connectivity index (χ3v) is 3.35. The predicted octanol–water partition coefficient (Wildman–Crippen LogP) is 2.91. The molecule has 1 rings (SSSR count). The van der Waals surface area contributed by atoms with Crippen LogP contribution in [0.5, 0.6) is 0 Å². The topological polar surface area (TPSA) is 3.24 Å². The molecule has 0 N–H and O–H groups in total. The number of hydrogen-bond donors (Lipinski definition) is 0. The molecule has 0 aromatic heterocycles. The van der Waals surface area contributed by atoms with Crippen molar-refractivity contribution in [2.75, 3.05) is 13.1 Å². The van der Waals surface area contributed by atoms with Gasteiger partial charge in [-0.2, -0.15) is 0 Å². The van der Waals surface area contributed by atoms with E-state index in [0.29, 0.717) is 0 Å². The molecule has 1 heteroatoms. The summed E-state index contributed by atoms with van der Waals surface area (Å²) in [4.78, 5) is 2.63. The fraction of sp³-hybridized carbons (Fsp3) is 1.00. The van der Waals surface area contributed by atoms with E-state index in [4.69, 9.17) is 0 Å². The fourth-order valence-electron chi connectivity index (χ4n) is 2.53. The molecular formula is C11H23N. The van der Waals surface area contributed by atoms with Crippen molar-refractivity contribution in [1.29, 1.82) is 0 Å². The van der Waals surface area contributed by atoms with Crippen LogP contribution in [0.4, 0.5) is 0 Å². The van der Waals surface area contributed by atoms with E-state index in [1.54, 1.807) is 0 Å². The molecule has 12 heavy (non-hydrogen) atoms. The second-order valence-electron chi connectivity index (χ2n) is 4.05. The molecule has 0 aromatic carbocycles. The van der Waals surface area contributed by atoms with Crippen LogP contribution in [0.2, 0.25) is 0 Å². The van der Waals surface area contributed by atoms with Crippen LogP contribution in [-0.2, 0) is 0 Å². The second kappa shape index (κ2) is 4.86. The summed E-state index contributed by atoms with van der Waals surface area (Å²) in [7, 11) is 0. The van der Waals surface area contributed by atoms with Crippen molar-refractivity contribution in [2.45, 2.75) is 52.5 Å². The van der Waals surface area contributed by atoms with Gasteiger partial charge in [-0.3, -0.25) is 0 Å². The van der Waals surface area contributed by atoms with Crippen molar-refractivity contribution < 1.29 is 0 Å². The average Bonchev–Trinajstić information content (AvgIpc) is 2.10. The van der Waals surface area contributed by atoms with Gasteiger partial charge in [0.15, 0.2) is 0 Å². The normalized spacial score (nSPS) is 31.0. The first-order valence-corrected chi connectivity index (χ1v) is 5.53. The van der Waals surface area contributed by atoms with Crippen molar-refractivity contribution in [2.24, 2.45) is 5.92 Å². The van der Waals surface area contributed by atoms with Crippen molar-refractivity contribution in [3.63, 3.8) is 0 Å². The van der Waals surface area contributed by atoms with Gasteiger partial charge >= 0.3 is 0 Å². The first-order valence-electron chi connectivity index (χ1n) is 5.53. The van der Waals surface area contributed by atoms with Crippen LogP contribution in [0.1, 0.15) is 46.5 Å². The predicted molar refractivity (Wildman–Crippen MR) is 54.3 cm³/mol. The Morgan fingerprint density at radius 1 is 1.08 bits per heavy atom. The van der Waals surface area contributed by atoms with Gasteiger partial charge in [-0.05, 0) is 31.8 Å². The van der Waals surface area contributed by atoms with Gasteiger partial charge in [-0.1, -0.05) is 33.6 Å². The summed E-state index contributed by atoms with van der Waals surface area (Å²) in [6.45, 7) is 9.44. The Balaban J connectivity index is 2.45. The zero-order valence-corrected chi connectivity index (χ0v) is 8.84. The highest BCUT2D eigenvalue weighted by molar-refractivity contribution is 4.79. The average molecular weight is 169 g/mol. The molecule has 0 amide bonds. The molecule has 1 aliphatic rings. The third-order valence-electron chi connectivity index (χ3n) is 3.35. The van der Waals surface area contributed by atoms with Crippen LogP contribution >= 0.6 is 0 Å². The van der Waals surface area contributed by atoms with Crippen LogP contribution in [0.3, 0.4) is 0 Å². The fourth-order valence-corrected chi connectivity index (χ4v) is 2.53. The summed E-state index contributed by atoms with van der Waals surface area (Å²) in [6, 6.07) is 0.883. The van der Waals surface area contributed by atoms with Gasteiger partial charge in [0, 0.05) is 6.04 Å². The monoisotopic (exact) mass is 169 g/mol. The van der Waals surface area contributed by atoms with Gasteiger partial charge in [0.2, 0.25) is 0 Å². The lowest BCUT2D eigenvalue weighted by atomic mass is 9.85. The quantitative estimate of drug-likeness (QED) is 0.628. The van der Waals surface area contributed by atoms with E-state index in [9.17, 15) is 0 Å². The molecule has 0 aliphatic heterocycles. The van der Waals surface area contributed by atoms with Crippen LogP contribution in [0, 0.1) is 5.92 Å². The molecule has 0 radical (unpaired) electrons. The molecule has 0 saturated heterocycles. The highest BCUT2D eigenvalue weighted by Gasteiger charge is 2.24. The zero-order valence-electron chi connectivity index (χ0n) is 8.84. The first-order chi connectivity index (χ1) is 5.79. The lowest BCUT2D eigenvalue weighted by Gasteiger charge is -2.37. The lowest BCUT2D eigenvalue weighted by Crippen LogP contribution is -2.41. The molecular weight excluding hydrogens is 146 g/mol. The van der Waals surface area contributed by atoms with E-state index in [1.165, 1.54) is 38.8 Å². The molecule has 72 valence electrons. The maximum absolute atomic E-state index is 2.63. The summed E-state index contributed by atoms with van der Waals surface area (Å²) >= 11 is 0. The van der Waals surface area contributed by atoms with Gasteiger partial charge in [0.25, 0.3) is 0 Å². The zero-order chi connectivity index (χ0) is 8.97. The van der Waals surface area contributed by atoms with Gasteiger partial charge in [-0.25, -0.2) is 0 Å². The molecule has 1 nitrogen and oxygen atoms in total. The summed E-state index contributed by atoms with van der Waals surface area (Å²) in [5.74, 6) is 0.929. The Morgan fingerprint density at radius 3 is 2.17 bits per heavy atom. The van der Waals surface area contributed by atoms with E-state index < -0.39 is 0 Å². The van der Waals surface area contributed by atoms with Gasteiger partial charge in [0.1, 0.15) is 0 Å². The molecule has 0 spiro atoms. The summed E-state index contributed by atoms with van der Waals surface area (Å²) in [5, 5.41) is 0. The minimum absolute atomic E-state index is 0.883. The van der Waals surface area contributed by atoms with Crippen LogP contribution in [-0.4, -0.2) is 24.0 Å². The molecule has 2 atom stereocenters. The van der Waals surface area contributed by atoms with E-state index in [0.717, 1.165) is 12.0 Å². The first kappa shape index (κ1) is 10.0. The van der Waals surface area contributed by atoms with E-state index >= 15 is 0 Å². The Kier molecular flexibility index (Phi) is 4.07. The molecule has 0 unspecified atom stereocenters. The van der Waals surface area contributed by atoms with Gasteiger partial charge in [0.05, 0.1) is 0 Å². The van der Waals surface area contributed by atoms with Crippen LogP contribution in [0.25, 0.3) is 0 Å². The van der Waals surface area contributed by atoms with E-state index in [2.05, 4.69) is 25.7 Å². The van der Waals surface area contributed by atoms with Gasteiger partial charge in [-0.15, -0.1) is 0 Å². The molecule has 0 bridgehead atoms. The summed E-state index contributed by atoms with van der Waals surface area (Å²) in [5.41, 5.74) is 0. The van der Waals surface area contributed by atoms with Crippen molar-refractivity contribution in [3.05, 3.63) is 0 Å². The molecule has 1 saturated carbocycles. The van der Waals surface area contributed by atoms with Crippen LogP contribution < -0.4 is 0 Å². The minimum atomic E-state index is 0.883. The Morgan fingerprint density at radius 2 is 1.67 bits per heavy atom. The summed E-state index contributed by atoms with van der Waals surface area (Å²) in [6.07, 6.45) is 5.79. The van der Waals surface area contributed by atoms with E-state index in [1.807, 2.05) is 0 Å².